The van der Waals surface area contributed by atoms with Crippen LogP contribution in [0.2, 0.25) is 0 Å². The normalized spacial score (nSPS) is 10.5. The first-order valence-corrected chi connectivity index (χ1v) is 9.54. The average Bonchev–Trinajstić information content (AvgIpc) is 2.72. The molecule has 4 rings (SSSR count). The van der Waals surface area contributed by atoms with Crippen LogP contribution in [0.15, 0.2) is 72.8 Å². The lowest BCUT2D eigenvalue weighted by Crippen LogP contribution is -2.02. The van der Waals surface area contributed by atoms with Gasteiger partial charge in [-0.15, -0.1) is 15.0 Å². The molecule has 0 spiro atoms. The van der Waals surface area contributed by atoms with Gasteiger partial charge in [-0.25, -0.2) is 0 Å². The first-order valence-electron chi connectivity index (χ1n) is 9.54. The summed E-state index contributed by atoms with van der Waals surface area (Å²) in [4.78, 5) is 12.9. The minimum Gasteiger partial charge on any atom is -0.424 e. The summed E-state index contributed by atoms with van der Waals surface area (Å²) in [5, 5.41) is 0. The highest BCUT2D eigenvalue weighted by molar-refractivity contribution is 5.37. The Morgan fingerprint density at radius 3 is 1.67 bits per heavy atom. The Hall–Kier alpha value is -3.93. The second-order valence-corrected chi connectivity index (χ2v) is 6.88. The molecule has 0 atom stereocenters. The number of rotatable bonds is 6. The Kier molecular flexibility index (Phi) is 5.57. The van der Waals surface area contributed by atoms with Crippen LogP contribution in [0.3, 0.4) is 0 Å². The molecular formula is C24H21N3O3. The maximum atomic E-state index is 5.92. The molecule has 0 saturated heterocycles. The van der Waals surface area contributed by atoms with Crippen LogP contribution in [0.1, 0.15) is 16.7 Å². The van der Waals surface area contributed by atoms with Crippen molar-refractivity contribution in [1.29, 1.82) is 0 Å². The molecule has 0 saturated carbocycles. The zero-order valence-corrected chi connectivity index (χ0v) is 17.0. The third-order valence-corrected chi connectivity index (χ3v) is 4.29. The molecule has 4 aromatic rings. The fourth-order valence-electron chi connectivity index (χ4n) is 2.78. The van der Waals surface area contributed by atoms with E-state index in [-0.39, 0.29) is 18.0 Å². The van der Waals surface area contributed by atoms with E-state index in [1.54, 1.807) is 0 Å². The molecule has 0 aliphatic heterocycles. The molecule has 0 aliphatic carbocycles. The maximum Gasteiger partial charge on any atom is 0.331 e. The van der Waals surface area contributed by atoms with E-state index in [2.05, 4.69) is 15.0 Å². The number of hydrogen-bond acceptors (Lipinski definition) is 6. The van der Waals surface area contributed by atoms with Crippen molar-refractivity contribution in [2.45, 2.75) is 20.8 Å². The third-order valence-electron chi connectivity index (χ3n) is 4.29. The van der Waals surface area contributed by atoms with Crippen LogP contribution in [-0.4, -0.2) is 15.0 Å². The van der Waals surface area contributed by atoms with Gasteiger partial charge in [-0.3, -0.25) is 0 Å². The van der Waals surface area contributed by atoms with Crippen molar-refractivity contribution in [2.75, 3.05) is 0 Å². The second kappa shape index (κ2) is 8.61. The smallest absolute Gasteiger partial charge is 0.331 e. The predicted molar refractivity (Wildman–Crippen MR) is 114 cm³/mol. The zero-order chi connectivity index (χ0) is 20.9. The average molecular weight is 399 g/mol. The lowest BCUT2D eigenvalue weighted by molar-refractivity contribution is 0.361. The van der Waals surface area contributed by atoms with Crippen molar-refractivity contribution in [1.82, 2.24) is 15.0 Å². The number of aromatic nitrogens is 3. The first kappa shape index (κ1) is 19.4. The van der Waals surface area contributed by atoms with Crippen LogP contribution in [0.25, 0.3) is 0 Å². The summed E-state index contributed by atoms with van der Waals surface area (Å²) in [5.41, 5.74) is 3.25. The highest BCUT2D eigenvalue weighted by atomic mass is 16.5. The Labute approximate surface area is 175 Å². The summed E-state index contributed by atoms with van der Waals surface area (Å²) in [6.07, 6.45) is 0. The first-order chi connectivity index (χ1) is 14.5. The number of ether oxygens (including phenoxy) is 3. The van der Waals surface area contributed by atoms with E-state index in [1.165, 1.54) is 0 Å². The molecule has 0 N–H and O–H groups in total. The highest BCUT2D eigenvalue weighted by Gasteiger charge is 2.13. The van der Waals surface area contributed by atoms with Crippen LogP contribution in [-0.2, 0) is 0 Å². The molecule has 1 aromatic heterocycles. The summed E-state index contributed by atoms with van der Waals surface area (Å²) < 4.78 is 17.5. The minimum atomic E-state index is 0.0816. The van der Waals surface area contributed by atoms with Crippen LogP contribution >= 0.6 is 0 Å². The van der Waals surface area contributed by atoms with E-state index in [9.17, 15) is 0 Å². The largest absolute Gasteiger partial charge is 0.424 e. The van der Waals surface area contributed by atoms with Crippen molar-refractivity contribution in [3.8, 4) is 35.3 Å². The van der Waals surface area contributed by atoms with E-state index >= 15 is 0 Å². The fraction of sp³-hybridized carbons (Fsp3) is 0.125. The monoisotopic (exact) mass is 399 g/mol. The summed E-state index contributed by atoms with van der Waals surface area (Å²) in [7, 11) is 0. The predicted octanol–water partition coefficient (Wildman–Crippen LogP) is 6.17. The Balaban J connectivity index is 1.66. The molecule has 150 valence electrons. The summed E-state index contributed by atoms with van der Waals surface area (Å²) in [6, 6.07) is 23.0. The van der Waals surface area contributed by atoms with Gasteiger partial charge >= 0.3 is 18.0 Å². The number of benzene rings is 3. The van der Waals surface area contributed by atoms with Gasteiger partial charge in [0.2, 0.25) is 0 Å². The van der Waals surface area contributed by atoms with Crippen LogP contribution in [0, 0.1) is 20.8 Å². The molecule has 6 heteroatoms. The molecule has 3 aromatic carbocycles. The van der Waals surface area contributed by atoms with Gasteiger partial charge in [0.15, 0.2) is 0 Å². The molecule has 0 fully saturated rings. The number of nitrogens with zero attached hydrogens (tertiary/aromatic N) is 3. The Morgan fingerprint density at radius 1 is 0.533 bits per heavy atom. The van der Waals surface area contributed by atoms with Crippen molar-refractivity contribution in [2.24, 2.45) is 0 Å². The van der Waals surface area contributed by atoms with Crippen LogP contribution in [0.5, 0.6) is 35.3 Å². The van der Waals surface area contributed by atoms with Gasteiger partial charge in [-0.2, -0.15) is 0 Å². The van der Waals surface area contributed by atoms with Gasteiger partial charge in [-0.05, 0) is 56.7 Å². The summed E-state index contributed by atoms with van der Waals surface area (Å²) in [6.45, 7) is 6.00. The number of aryl methyl sites for hydroxylation is 3. The maximum absolute atomic E-state index is 5.92. The molecule has 0 amide bonds. The Morgan fingerprint density at radius 2 is 1.07 bits per heavy atom. The van der Waals surface area contributed by atoms with Gasteiger partial charge in [0.1, 0.15) is 17.2 Å². The standard InChI is InChI=1S/C24H21N3O3/c1-16-9-12-20(13-10-16)29-23-25-22(28-19-7-5-4-6-8-19)26-24(27-23)30-21-14-11-17(2)15-18(21)3/h4-15H,1-3H3. The highest BCUT2D eigenvalue weighted by Crippen LogP contribution is 2.28. The van der Waals surface area contributed by atoms with Gasteiger partial charge in [0.05, 0.1) is 0 Å². The minimum absolute atomic E-state index is 0.0816. The molecule has 0 bridgehead atoms. The lowest BCUT2D eigenvalue weighted by Gasteiger charge is -2.11. The quantitative estimate of drug-likeness (QED) is 0.386. The van der Waals surface area contributed by atoms with E-state index in [4.69, 9.17) is 14.2 Å². The van der Waals surface area contributed by atoms with Crippen LogP contribution < -0.4 is 14.2 Å². The van der Waals surface area contributed by atoms with Crippen molar-refractivity contribution >= 4 is 0 Å². The summed E-state index contributed by atoms with van der Waals surface area (Å²) >= 11 is 0. The van der Waals surface area contributed by atoms with E-state index in [0.717, 1.165) is 16.7 Å². The van der Waals surface area contributed by atoms with Gasteiger partial charge < -0.3 is 14.2 Å². The van der Waals surface area contributed by atoms with Gasteiger partial charge in [-0.1, -0.05) is 53.6 Å². The van der Waals surface area contributed by atoms with Crippen molar-refractivity contribution in [3.05, 3.63) is 89.5 Å². The fourth-order valence-corrected chi connectivity index (χ4v) is 2.78. The Bertz CT molecular complexity index is 1150. The molecule has 0 aliphatic rings. The van der Waals surface area contributed by atoms with E-state index in [1.807, 2.05) is 93.6 Å². The number of hydrogen-bond donors (Lipinski definition) is 0. The molecule has 6 nitrogen and oxygen atoms in total. The second-order valence-electron chi connectivity index (χ2n) is 6.88. The lowest BCUT2D eigenvalue weighted by atomic mass is 10.1. The summed E-state index contributed by atoms with van der Waals surface area (Å²) in [5.74, 6) is 1.86. The third kappa shape index (κ3) is 4.91. The van der Waals surface area contributed by atoms with Crippen molar-refractivity contribution < 1.29 is 14.2 Å². The van der Waals surface area contributed by atoms with E-state index in [0.29, 0.717) is 17.2 Å². The molecule has 0 unspecified atom stereocenters. The topological polar surface area (TPSA) is 66.4 Å². The molecule has 30 heavy (non-hydrogen) atoms. The van der Waals surface area contributed by atoms with Crippen LogP contribution in [0.4, 0.5) is 0 Å². The van der Waals surface area contributed by atoms with Gasteiger partial charge in [0.25, 0.3) is 0 Å². The van der Waals surface area contributed by atoms with E-state index < -0.39 is 0 Å². The SMILES string of the molecule is Cc1ccc(Oc2nc(Oc3ccccc3)nc(Oc3ccc(C)cc3C)n2)cc1. The molecular weight excluding hydrogens is 378 g/mol. The van der Waals surface area contributed by atoms with Gasteiger partial charge in [0, 0.05) is 0 Å². The van der Waals surface area contributed by atoms with Crippen molar-refractivity contribution in [3.63, 3.8) is 0 Å². The zero-order valence-electron chi connectivity index (χ0n) is 17.0. The molecule has 1 heterocycles. The molecule has 0 radical (unpaired) electrons. The number of para-hydroxylation sites is 1.